The molecule has 2 aromatic heterocycles. The number of esters is 1. The van der Waals surface area contributed by atoms with Gasteiger partial charge in [0.25, 0.3) is 0 Å². The molecule has 0 aliphatic heterocycles. The number of carbonyl (C=O) groups is 2. The molecule has 1 N–H and O–H groups in total. The number of nitrogens with one attached hydrogen (secondary N) is 1. The molecule has 3 aromatic rings. The third-order valence-corrected chi connectivity index (χ3v) is 6.97. The number of hydrogen-bond donors (Lipinski definition) is 1. The van der Waals surface area contributed by atoms with Gasteiger partial charge in [0.2, 0.25) is 5.78 Å². The summed E-state index contributed by atoms with van der Waals surface area (Å²) in [6.07, 6.45) is 3.61. The van der Waals surface area contributed by atoms with Crippen molar-refractivity contribution in [2.75, 3.05) is 0 Å². The number of rotatable bonds is 5. The molecule has 4 nitrogen and oxygen atoms in total. The van der Waals surface area contributed by atoms with Gasteiger partial charge in [0, 0.05) is 27.0 Å². The van der Waals surface area contributed by atoms with Gasteiger partial charge in [0.1, 0.15) is 4.88 Å². The molecule has 1 aliphatic rings. The molecule has 28 heavy (non-hydrogen) atoms. The van der Waals surface area contributed by atoms with Crippen LogP contribution in [0.25, 0.3) is 10.9 Å². The Hall–Kier alpha value is -2.40. The number of ether oxygens (including phenoxy) is 1. The molecule has 0 unspecified atom stereocenters. The second-order valence-electron chi connectivity index (χ2n) is 7.66. The average molecular weight is 396 g/mol. The standard InChI is InChI=1S/C23H25NO3S/c1-4-15-9-10-19-16(11-15)12-20(28-19)23(26)27-14(3)22(25)21-13(2)24-18-8-6-5-7-17(18)21/h5-8,12,14-15,24H,4,9-11H2,1-3H3/t14-,15-/m0/s1. The van der Waals surface area contributed by atoms with Crippen LogP contribution in [0.3, 0.4) is 0 Å². The van der Waals surface area contributed by atoms with Gasteiger partial charge in [-0.2, -0.15) is 0 Å². The van der Waals surface area contributed by atoms with Crippen LogP contribution in [0.5, 0.6) is 0 Å². The van der Waals surface area contributed by atoms with Crippen LogP contribution in [0.4, 0.5) is 0 Å². The first-order valence-corrected chi connectivity index (χ1v) is 10.7. The number of thiophene rings is 1. The third kappa shape index (κ3) is 3.39. The summed E-state index contributed by atoms with van der Waals surface area (Å²) >= 11 is 1.52. The van der Waals surface area contributed by atoms with Crippen molar-refractivity contribution in [3.8, 4) is 0 Å². The largest absolute Gasteiger partial charge is 0.450 e. The number of carbonyl (C=O) groups excluding carboxylic acids is 2. The Kier molecular flexibility index (Phi) is 5.11. The van der Waals surface area contributed by atoms with Gasteiger partial charge >= 0.3 is 5.97 Å². The third-order valence-electron chi connectivity index (χ3n) is 5.76. The Morgan fingerprint density at radius 3 is 2.89 bits per heavy atom. The maximum atomic E-state index is 13.0. The second kappa shape index (κ2) is 7.55. The first-order valence-electron chi connectivity index (χ1n) is 9.92. The van der Waals surface area contributed by atoms with Crippen LogP contribution in [0.1, 0.15) is 62.9 Å². The fraction of sp³-hybridized carbons (Fsp3) is 0.391. The number of fused-ring (bicyclic) bond motifs is 2. The van der Waals surface area contributed by atoms with E-state index in [9.17, 15) is 9.59 Å². The zero-order chi connectivity index (χ0) is 19.8. The molecule has 2 atom stereocenters. The summed E-state index contributed by atoms with van der Waals surface area (Å²) in [6, 6.07) is 9.66. The van der Waals surface area contributed by atoms with Crippen molar-refractivity contribution in [1.82, 2.24) is 4.98 Å². The van der Waals surface area contributed by atoms with Gasteiger partial charge in [-0.25, -0.2) is 4.79 Å². The minimum Gasteiger partial charge on any atom is -0.450 e. The quantitative estimate of drug-likeness (QED) is 0.460. The molecule has 0 fully saturated rings. The van der Waals surface area contributed by atoms with Crippen molar-refractivity contribution in [2.24, 2.45) is 5.92 Å². The highest BCUT2D eigenvalue weighted by molar-refractivity contribution is 7.14. The Bertz CT molecular complexity index is 1050. The zero-order valence-electron chi connectivity index (χ0n) is 16.5. The number of aryl methyl sites for hydroxylation is 2. The molecule has 4 rings (SSSR count). The summed E-state index contributed by atoms with van der Waals surface area (Å²) in [4.78, 5) is 30.8. The fourth-order valence-corrected chi connectivity index (χ4v) is 5.21. The Labute approximate surface area is 168 Å². The van der Waals surface area contributed by atoms with E-state index < -0.39 is 12.1 Å². The van der Waals surface area contributed by atoms with Gasteiger partial charge in [-0.1, -0.05) is 31.5 Å². The fourth-order valence-electron chi connectivity index (χ4n) is 4.12. The first-order chi connectivity index (χ1) is 13.5. The molecule has 5 heteroatoms. The second-order valence-corrected chi connectivity index (χ2v) is 8.80. The predicted octanol–water partition coefficient (Wildman–Crippen LogP) is 5.48. The summed E-state index contributed by atoms with van der Waals surface area (Å²) in [6.45, 7) is 5.75. The van der Waals surface area contributed by atoms with Gasteiger partial charge in [-0.05, 0) is 56.7 Å². The molecule has 0 radical (unpaired) electrons. The number of aromatic amines is 1. The highest BCUT2D eigenvalue weighted by atomic mass is 32.1. The summed E-state index contributed by atoms with van der Waals surface area (Å²) in [7, 11) is 0. The van der Waals surface area contributed by atoms with E-state index in [0.717, 1.165) is 29.4 Å². The van der Waals surface area contributed by atoms with Crippen molar-refractivity contribution >= 4 is 34.0 Å². The minimum absolute atomic E-state index is 0.171. The first kappa shape index (κ1) is 18.9. The minimum atomic E-state index is -0.826. The van der Waals surface area contributed by atoms with Crippen LogP contribution in [0.15, 0.2) is 30.3 Å². The Morgan fingerprint density at radius 1 is 1.32 bits per heavy atom. The van der Waals surface area contributed by atoms with E-state index in [-0.39, 0.29) is 5.78 Å². The van der Waals surface area contributed by atoms with Gasteiger partial charge < -0.3 is 9.72 Å². The van der Waals surface area contributed by atoms with Crippen molar-refractivity contribution in [1.29, 1.82) is 0 Å². The molecule has 0 amide bonds. The predicted molar refractivity (Wildman–Crippen MR) is 112 cm³/mol. The summed E-state index contributed by atoms with van der Waals surface area (Å²) in [5, 5.41) is 0.866. The molecule has 0 bridgehead atoms. The normalized spacial score (nSPS) is 17.3. The van der Waals surface area contributed by atoms with E-state index >= 15 is 0 Å². The zero-order valence-corrected chi connectivity index (χ0v) is 17.3. The molecule has 0 saturated carbocycles. The molecular weight excluding hydrogens is 370 g/mol. The molecule has 146 valence electrons. The van der Waals surface area contributed by atoms with Crippen LogP contribution in [-0.2, 0) is 17.6 Å². The summed E-state index contributed by atoms with van der Waals surface area (Å²) in [5.74, 6) is 0.137. The number of benzene rings is 1. The van der Waals surface area contributed by atoms with Gasteiger partial charge in [-0.15, -0.1) is 11.3 Å². The van der Waals surface area contributed by atoms with Gasteiger partial charge in [-0.3, -0.25) is 4.79 Å². The monoisotopic (exact) mass is 395 g/mol. The van der Waals surface area contributed by atoms with Crippen molar-refractivity contribution in [3.05, 3.63) is 56.9 Å². The lowest BCUT2D eigenvalue weighted by atomic mass is 9.87. The SMILES string of the molecule is CC[C@H]1CCc2sc(C(=O)O[C@@H](C)C(=O)c3c(C)[nH]c4ccccc34)cc2C1. The Morgan fingerprint density at radius 2 is 2.11 bits per heavy atom. The van der Waals surface area contributed by atoms with E-state index in [4.69, 9.17) is 4.74 Å². The lowest BCUT2D eigenvalue weighted by molar-refractivity contribution is 0.0324. The van der Waals surface area contributed by atoms with E-state index in [1.54, 1.807) is 6.92 Å². The van der Waals surface area contributed by atoms with Crippen LogP contribution in [0, 0.1) is 12.8 Å². The number of H-pyrrole nitrogens is 1. The molecule has 0 saturated heterocycles. The van der Waals surface area contributed by atoms with E-state index in [0.29, 0.717) is 16.4 Å². The number of ketones is 1. The van der Waals surface area contributed by atoms with Crippen molar-refractivity contribution in [3.63, 3.8) is 0 Å². The van der Waals surface area contributed by atoms with Crippen LogP contribution in [0.2, 0.25) is 0 Å². The van der Waals surface area contributed by atoms with Crippen LogP contribution >= 0.6 is 11.3 Å². The van der Waals surface area contributed by atoms with Crippen molar-refractivity contribution < 1.29 is 14.3 Å². The number of Topliss-reactive ketones (excluding diaryl/α,β-unsaturated/α-hetero) is 1. The van der Waals surface area contributed by atoms with Crippen LogP contribution in [-0.4, -0.2) is 22.8 Å². The highest BCUT2D eigenvalue weighted by Crippen LogP contribution is 2.34. The highest BCUT2D eigenvalue weighted by Gasteiger charge is 2.27. The lowest BCUT2D eigenvalue weighted by Gasteiger charge is -2.19. The molecule has 1 aromatic carbocycles. The molecular formula is C23H25NO3S. The lowest BCUT2D eigenvalue weighted by Crippen LogP contribution is -2.24. The number of para-hydroxylation sites is 1. The van der Waals surface area contributed by atoms with Crippen molar-refractivity contribution in [2.45, 2.75) is 52.6 Å². The van der Waals surface area contributed by atoms with Gasteiger partial charge in [0.15, 0.2) is 6.10 Å². The topological polar surface area (TPSA) is 59.2 Å². The number of hydrogen-bond acceptors (Lipinski definition) is 4. The maximum Gasteiger partial charge on any atom is 0.349 e. The van der Waals surface area contributed by atoms with Gasteiger partial charge in [0.05, 0.1) is 0 Å². The Balaban J connectivity index is 1.51. The maximum absolute atomic E-state index is 13.0. The summed E-state index contributed by atoms with van der Waals surface area (Å²) < 4.78 is 5.56. The van der Waals surface area contributed by atoms with Crippen LogP contribution < -0.4 is 0 Å². The van der Waals surface area contributed by atoms with E-state index in [1.165, 1.54) is 34.6 Å². The molecule has 1 aliphatic carbocycles. The average Bonchev–Trinajstić information content (AvgIpc) is 3.26. The van der Waals surface area contributed by atoms with E-state index in [2.05, 4.69) is 11.9 Å². The smallest absolute Gasteiger partial charge is 0.349 e. The summed E-state index contributed by atoms with van der Waals surface area (Å²) in [5.41, 5.74) is 3.60. The number of aromatic nitrogens is 1. The molecule has 2 heterocycles. The molecule has 0 spiro atoms. The van der Waals surface area contributed by atoms with E-state index in [1.807, 2.05) is 37.3 Å².